The number of aliphatic hydroxyl groups is 1. The summed E-state index contributed by atoms with van der Waals surface area (Å²) in [6.45, 7) is 1.93. The molecule has 106 valence electrons. The van der Waals surface area contributed by atoms with Crippen LogP contribution in [0.1, 0.15) is 22.8 Å². The van der Waals surface area contributed by atoms with E-state index in [2.05, 4.69) is 0 Å². The number of aliphatic hydroxyl groups excluding tert-OH is 1. The van der Waals surface area contributed by atoms with Crippen LogP contribution >= 0.6 is 11.6 Å². The molecule has 20 heavy (non-hydrogen) atoms. The Morgan fingerprint density at radius 1 is 1.30 bits per heavy atom. The molecule has 0 spiro atoms. The van der Waals surface area contributed by atoms with E-state index in [9.17, 15) is 9.50 Å². The van der Waals surface area contributed by atoms with Crippen molar-refractivity contribution < 1.29 is 14.2 Å². The normalized spacial score (nSPS) is 12.2. The molecule has 1 unspecified atom stereocenters. The van der Waals surface area contributed by atoms with Gasteiger partial charge in [0.1, 0.15) is 11.6 Å². The molecule has 1 N–H and O–H groups in total. The molecule has 2 aromatic rings. The molecule has 0 bridgehead atoms. The zero-order valence-electron chi connectivity index (χ0n) is 11.4. The lowest BCUT2D eigenvalue weighted by atomic mass is 9.99. The van der Waals surface area contributed by atoms with Gasteiger partial charge in [0, 0.05) is 12.0 Å². The molecule has 0 heterocycles. The smallest absolute Gasteiger partial charge is 0.145 e. The maximum absolute atomic E-state index is 13.9. The van der Waals surface area contributed by atoms with E-state index in [1.54, 1.807) is 25.3 Å². The number of aryl methyl sites for hydroxylation is 1. The predicted octanol–water partition coefficient (Wildman–Crippen LogP) is 4.07. The highest BCUT2D eigenvalue weighted by atomic mass is 35.5. The van der Waals surface area contributed by atoms with Gasteiger partial charge in [-0.25, -0.2) is 4.39 Å². The Morgan fingerprint density at radius 3 is 2.75 bits per heavy atom. The van der Waals surface area contributed by atoms with E-state index in [-0.39, 0.29) is 11.4 Å². The topological polar surface area (TPSA) is 29.5 Å². The van der Waals surface area contributed by atoms with E-state index in [0.717, 1.165) is 5.56 Å². The first-order valence-corrected chi connectivity index (χ1v) is 6.66. The third kappa shape index (κ3) is 3.11. The largest absolute Gasteiger partial charge is 0.496 e. The SMILES string of the molecule is COc1ccc(C)cc1C(O)Cc1cccc(Cl)c1F. The Bertz CT molecular complexity index is 613. The first-order valence-electron chi connectivity index (χ1n) is 6.28. The summed E-state index contributed by atoms with van der Waals surface area (Å²) in [6.07, 6.45) is -0.704. The Morgan fingerprint density at radius 2 is 2.05 bits per heavy atom. The van der Waals surface area contributed by atoms with E-state index in [1.165, 1.54) is 6.07 Å². The average Bonchev–Trinajstić information content (AvgIpc) is 2.43. The molecule has 2 rings (SSSR count). The van der Waals surface area contributed by atoms with Crippen LogP contribution in [0, 0.1) is 12.7 Å². The molecule has 4 heteroatoms. The summed E-state index contributed by atoms with van der Waals surface area (Å²) in [5.74, 6) is 0.102. The highest BCUT2D eigenvalue weighted by Gasteiger charge is 2.17. The van der Waals surface area contributed by atoms with Crippen molar-refractivity contribution in [3.05, 3.63) is 63.9 Å². The molecule has 0 saturated heterocycles. The third-order valence-corrected chi connectivity index (χ3v) is 3.48. The van der Waals surface area contributed by atoms with E-state index in [1.807, 2.05) is 19.1 Å². The first-order chi connectivity index (χ1) is 9.52. The van der Waals surface area contributed by atoms with Gasteiger partial charge in [-0.05, 0) is 30.7 Å². The van der Waals surface area contributed by atoms with Crippen LogP contribution in [0.5, 0.6) is 5.75 Å². The number of rotatable bonds is 4. The second-order valence-corrected chi connectivity index (χ2v) is 5.09. The molecule has 0 aliphatic carbocycles. The van der Waals surface area contributed by atoms with Crippen LogP contribution in [0.25, 0.3) is 0 Å². The summed E-state index contributed by atoms with van der Waals surface area (Å²) in [6, 6.07) is 10.3. The van der Waals surface area contributed by atoms with Crippen molar-refractivity contribution in [2.45, 2.75) is 19.4 Å². The van der Waals surface area contributed by atoms with Crippen molar-refractivity contribution in [2.24, 2.45) is 0 Å². The highest BCUT2D eigenvalue weighted by molar-refractivity contribution is 6.30. The molecule has 0 aliphatic rings. The van der Waals surface area contributed by atoms with Gasteiger partial charge in [-0.1, -0.05) is 35.4 Å². The van der Waals surface area contributed by atoms with E-state index in [0.29, 0.717) is 16.9 Å². The Kier molecular flexibility index (Phi) is 4.63. The number of hydrogen-bond donors (Lipinski definition) is 1. The van der Waals surface area contributed by atoms with Crippen LogP contribution < -0.4 is 4.74 Å². The molecule has 0 amide bonds. The fraction of sp³-hybridized carbons (Fsp3) is 0.250. The van der Waals surface area contributed by atoms with E-state index >= 15 is 0 Å². The maximum atomic E-state index is 13.9. The monoisotopic (exact) mass is 294 g/mol. The minimum absolute atomic E-state index is 0.0610. The standard InChI is InChI=1S/C16H16ClFO2/c1-10-6-7-15(20-2)12(8-10)14(19)9-11-4-3-5-13(17)16(11)18/h3-8,14,19H,9H2,1-2H3. The molecule has 0 aliphatic heterocycles. The van der Waals surface area contributed by atoms with Crippen LogP contribution in [-0.2, 0) is 6.42 Å². The van der Waals surface area contributed by atoms with Crippen molar-refractivity contribution >= 4 is 11.6 Å². The number of halogens is 2. The molecule has 0 saturated carbocycles. The van der Waals surface area contributed by atoms with Gasteiger partial charge in [-0.2, -0.15) is 0 Å². The van der Waals surface area contributed by atoms with Crippen LogP contribution in [0.4, 0.5) is 4.39 Å². The lowest BCUT2D eigenvalue weighted by molar-refractivity contribution is 0.172. The predicted molar refractivity (Wildman–Crippen MR) is 77.8 cm³/mol. The molecular formula is C16H16ClFO2. The minimum Gasteiger partial charge on any atom is -0.496 e. The second-order valence-electron chi connectivity index (χ2n) is 4.68. The van der Waals surface area contributed by atoms with Crippen molar-refractivity contribution in [3.8, 4) is 5.75 Å². The Balaban J connectivity index is 2.30. The molecule has 0 fully saturated rings. The lowest BCUT2D eigenvalue weighted by Crippen LogP contribution is -2.06. The summed E-state index contributed by atoms with van der Waals surface area (Å²) in [5.41, 5.74) is 2.03. The molecule has 0 radical (unpaired) electrons. The fourth-order valence-electron chi connectivity index (χ4n) is 2.14. The number of methoxy groups -OCH3 is 1. The molecule has 1 atom stereocenters. The quantitative estimate of drug-likeness (QED) is 0.921. The summed E-state index contributed by atoms with van der Waals surface area (Å²) in [7, 11) is 1.54. The van der Waals surface area contributed by atoms with Crippen molar-refractivity contribution in [3.63, 3.8) is 0 Å². The number of hydrogen-bond acceptors (Lipinski definition) is 2. The van der Waals surface area contributed by atoms with E-state index < -0.39 is 11.9 Å². The molecule has 0 aromatic heterocycles. The zero-order valence-corrected chi connectivity index (χ0v) is 12.1. The van der Waals surface area contributed by atoms with Crippen LogP contribution in [-0.4, -0.2) is 12.2 Å². The van der Waals surface area contributed by atoms with Crippen LogP contribution in [0.2, 0.25) is 5.02 Å². The fourth-order valence-corrected chi connectivity index (χ4v) is 2.33. The van der Waals surface area contributed by atoms with Crippen molar-refractivity contribution in [2.75, 3.05) is 7.11 Å². The van der Waals surface area contributed by atoms with Gasteiger partial charge < -0.3 is 9.84 Å². The average molecular weight is 295 g/mol. The van der Waals surface area contributed by atoms with Gasteiger partial charge in [0.15, 0.2) is 0 Å². The van der Waals surface area contributed by atoms with Gasteiger partial charge in [0.05, 0.1) is 18.2 Å². The van der Waals surface area contributed by atoms with Crippen LogP contribution in [0.3, 0.4) is 0 Å². The highest BCUT2D eigenvalue weighted by Crippen LogP contribution is 2.30. The van der Waals surface area contributed by atoms with E-state index in [4.69, 9.17) is 16.3 Å². The summed E-state index contributed by atoms with van der Waals surface area (Å²) >= 11 is 5.75. The summed E-state index contributed by atoms with van der Waals surface area (Å²) in [5, 5.41) is 10.4. The van der Waals surface area contributed by atoms with Crippen molar-refractivity contribution in [1.29, 1.82) is 0 Å². The molecule has 2 aromatic carbocycles. The Labute approximate surface area is 122 Å². The molecule has 2 nitrogen and oxygen atoms in total. The molecular weight excluding hydrogens is 279 g/mol. The maximum Gasteiger partial charge on any atom is 0.145 e. The minimum atomic E-state index is -0.849. The lowest BCUT2D eigenvalue weighted by Gasteiger charge is -2.16. The van der Waals surface area contributed by atoms with Gasteiger partial charge >= 0.3 is 0 Å². The van der Waals surface area contributed by atoms with Crippen molar-refractivity contribution in [1.82, 2.24) is 0 Å². The first kappa shape index (κ1) is 14.8. The third-order valence-electron chi connectivity index (χ3n) is 3.19. The van der Waals surface area contributed by atoms with Gasteiger partial charge in [0.2, 0.25) is 0 Å². The van der Waals surface area contributed by atoms with Crippen LogP contribution in [0.15, 0.2) is 36.4 Å². The summed E-state index contributed by atoms with van der Waals surface area (Å²) < 4.78 is 19.1. The van der Waals surface area contributed by atoms with Gasteiger partial charge in [-0.3, -0.25) is 0 Å². The second kappa shape index (κ2) is 6.25. The number of ether oxygens (including phenoxy) is 1. The summed E-state index contributed by atoms with van der Waals surface area (Å²) in [4.78, 5) is 0. The number of benzene rings is 2. The van der Waals surface area contributed by atoms with Gasteiger partial charge in [0.25, 0.3) is 0 Å². The Hall–Kier alpha value is -1.58. The zero-order chi connectivity index (χ0) is 14.7. The van der Waals surface area contributed by atoms with Gasteiger partial charge in [-0.15, -0.1) is 0 Å².